The number of rotatable bonds is 3. The normalized spacial score (nSPS) is 18.2. The minimum atomic E-state index is 0.205. The molecule has 1 fully saturated rings. The highest BCUT2D eigenvalue weighted by Crippen LogP contribution is 2.18. The lowest BCUT2D eigenvalue weighted by molar-refractivity contribution is -0.132. The van der Waals surface area contributed by atoms with Crippen molar-refractivity contribution in [3.63, 3.8) is 0 Å². The number of nitrogen functional groups attached to an aromatic ring is 1. The quantitative estimate of drug-likeness (QED) is 0.828. The molecular weight excluding hydrogens is 278 g/mol. The van der Waals surface area contributed by atoms with Gasteiger partial charge in [0.25, 0.3) is 0 Å². The molecule has 0 spiro atoms. The van der Waals surface area contributed by atoms with Gasteiger partial charge in [0.05, 0.1) is 13.2 Å². The Hall–Kier alpha value is -2.37. The first-order valence-electron chi connectivity index (χ1n) is 7.63. The maximum atomic E-state index is 12.3. The lowest BCUT2D eigenvalue weighted by atomic mass is 10.2. The Labute approximate surface area is 131 Å². The third kappa shape index (κ3) is 3.27. The molecule has 2 N–H and O–H groups in total. The van der Waals surface area contributed by atoms with E-state index in [1.165, 1.54) is 5.69 Å². The average Bonchev–Trinajstić information content (AvgIpc) is 2.93. The Bertz CT molecular complexity index is 548. The van der Waals surface area contributed by atoms with Crippen molar-refractivity contribution in [2.75, 3.05) is 57.1 Å². The topological polar surface area (TPSA) is 56.0 Å². The fourth-order valence-corrected chi connectivity index (χ4v) is 2.86. The number of amides is 1. The van der Waals surface area contributed by atoms with Crippen LogP contribution in [0, 0.1) is 0 Å². The van der Waals surface area contributed by atoms with Crippen LogP contribution in [-0.4, -0.2) is 67.0 Å². The molecule has 1 saturated heterocycles. The second-order valence-electron chi connectivity index (χ2n) is 5.90. The van der Waals surface area contributed by atoms with Crippen molar-refractivity contribution >= 4 is 17.3 Å². The van der Waals surface area contributed by atoms with E-state index in [4.69, 9.17) is 5.73 Å². The Morgan fingerprint density at radius 3 is 2.36 bits per heavy atom. The predicted octanol–water partition coefficient (Wildman–Crippen LogP) is 0.594. The van der Waals surface area contributed by atoms with Gasteiger partial charge in [-0.2, -0.15) is 0 Å². The van der Waals surface area contributed by atoms with Crippen LogP contribution in [0.25, 0.3) is 0 Å². The van der Waals surface area contributed by atoms with Crippen LogP contribution in [0.5, 0.6) is 0 Å². The van der Waals surface area contributed by atoms with E-state index in [1.54, 1.807) is 0 Å². The van der Waals surface area contributed by atoms with E-state index < -0.39 is 0 Å². The SMILES string of the molecule is CN1C=CN(CC(=O)N2CCN(c3ccc(N)cc3)CC2)C1. The van der Waals surface area contributed by atoms with E-state index in [0.717, 1.165) is 38.5 Å². The molecule has 1 aromatic rings. The number of piperazine rings is 1. The molecule has 0 bridgehead atoms. The summed E-state index contributed by atoms with van der Waals surface area (Å²) in [6, 6.07) is 7.92. The van der Waals surface area contributed by atoms with E-state index >= 15 is 0 Å². The summed E-state index contributed by atoms with van der Waals surface area (Å²) >= 11 is 0. The number of benzene rings is 1. The Morgan fingerprint density at radius 1 is 1.09 bits per heavy atom. The first-order chi connectivity index (χ1) is 10.6. The van der Waals surface area contributed by atoms with Gasteiger partial charge in [-0.3, -0.25) is 4.79 Å². The highest BCUT2D eigenvalue weighted by molar-refractivity contribution is 5.78. The van der Waals surface area contributed by atoms with Gasteiger partial charge in [0.15, 0.2) is 0 Å². The van der Waals surface area contributed by atoms with Crippen LogP contribution in [0.2, 0.25) is 0 Å². The molecule has 0 unspecified atom stereocenters. The zero-order chi connectivity index (χ0) is 15.5. The molecule has 2 heterocycles. The molecule has 22 heavy (non-hydrogen) atoms. The van der Waals surface area contributed by atoms with E-state index in [1.807, 2.05) is 53.5 Å². The van der Waals surface area contributed by atoms with Gasteiger partial charge in [-0.05, 0) is 24.3 Å². The maximum Gasteiger partial charge on any atom is 0.242 e. The summed E-state index contributed by atoms with van der Waals surface area (Å²) in [5.74, 6) is 0.205. The molecule has 6 heteroatoms. The third-order valence-corrected chi connectivity index (χ3v) is 4.17. The summed E-state index contributed by atoms with van der Waals surface area (Å²) in [6.45, 7) is 4.53. The van der Waals surface area contributed by atoms with Gasteiger partial charge in [-0.15, -0.1) is 0 Å². The van der Waals surface area contributed by atoms with E-state index in [9.17, 15) is 4.79 Å². The van der Waals surface area contributed by atoms with Crippen LogP contribution in [0.15, 0.2) is 36.7 Å². The fourth-order valence-electron chi connectivity index (χ4n) is 2.86. The van der Waals surface area contributed by atoms with Crippen LogP contribution in [0.1, 0.15) is 0 Å². The number of hydrogen-bond donors (Lipinski definition) is 1. The number of carbonyl (C=O) groups is 1. The Balaban J connectivity index is 1.50. The van der Waals surface area contributed by atoms with Gasteiger partial charge >= 0.3 is 0 Å². The second-order valence-corrected chi connectivity index (χ2v) is 5.90. The molecule has 1 aromatic carbocycles. The zero-order valence-electron chi connectivity index (χ0n) is 13.0. The van der Waals surface area contributed by atoms with Gasteiger partial charge in [0.1, 0.15) is 0 Å². The zero-order valence-corrected chi connectivity index (χ0v) is 13.0. The van der Waals surface area contributed by atoms with Crippen molar-refractivity contribution in [2.45, 2.75) is 0 Å². The van der Waals surface area contributed by atoms with E-state index in [0.29, 0.717) is 6.54 Å². The largest absolute Gasteiger partial charge is 0.399 e. The number of nitrogens with two attached hydrogens (primary N) is 1. The van der Waals surface area contributed by atoms with Gasteiger partial charge in [-0.25, -0.2) is 0 Å². The summed E-state index contributed by atoms with van der Waals surface area (Å²) in [4.78, 5) is 20.7. The summed E-state index contributed by atoms with van der Waals surface area (Å²) in [6.07, 6.45) is 3.97. The third-order valence-electron chi connectivity index (χ3n) is 4.17. The van der Waals surface area contributed by atoms with Crippen molar-refractivity contribution in [3.8, 4) is 0 Å². The van der Waals surface area contributed by atoms with Crippen molar-refractivity contribution < 1.29 is 4.79 Å². The molecule has 0 aliphatic carbocycles. The molecule has 0 saturated carbocycles. The van der Waals surface area contributed by atoms with Crippen molar-refractivity contribution in [3.05, 3.63) is 36.7 Å². The van der Waals surface area contributed by atoms with E-state index in [-0.39, 0.29) is 5.91 Å². The van der Waals surface area contributed by atoms with Crippen LogP contribution < -0.4 is 10.6 Å². The number of anilines is 2. The molecule has 6 nitrogen and oxygen atoms in total. The number of nitrogens with zero attached hydrogens (tertiary/aromatic N) is 4. The fraction of sp³-hybridized carbons (Fsp3) is 0.438. The van der Waals surface area contributed by atoms with Crippen LogP contribution >= 0.6 is 0 Å². The summed E-state index contributed by atoms with van der Waals surface area (Å²) in [5, 5.41) is 0. The smallest absolute Gasteiger partial charge is 0.242 e. The van der Waals surface area contributed by atoms with Crippen molar-refractivity contribution in [1.29, 1.82) is 0 Å². The average molecular weight is 301 g/mol. The molecule has 0 radical (unpaired) electrons. The molecule has 2 aliphatic rings. The highest BCUT2D eigenvalue weighted by atomic mass is 16.2. The first-order valence-corrected chi connectivity index (χ1v) is 7.63. The first kappa shape index (κ1) is 14.6. The Morgan fingerprint density at radius 2 is 1.77 bits per heavy atom. The van der Waals surface area contributed by atoms with Crippen LogP contribution in [0.3, 0.4) is 0 Å². The van der Waals surface area contributed by atoms with Gasteiger partial charge in [0, 0.05) is 57.0 Å². The van der Waals surface area contributed by atoms with E-state index in [2.05, 4.69) is 9.80 Å². The summed E-state index contributed by atoms with van der Waals surface area (Å²) < 4.78 is 0. The van der Waals surface area contributed by atoms with Crippen molar-refractivity contribution in [2.24, 2.45) is 0 Å². The summed E-state index contributed by atoms with van der Waals surface area (Å²) in [5.41, 5.74) is 7.67. The Kier molecular flexibility index (Phi) is 4.09. The highest BCUT2D eigenvalue weighted by Gasteiger charge is 2.23. The molecule has 0 aromatic heterocycles. The minimum Gasteiger partial charge on any atom is -0.399 e. The monoisotopic (exact) mass is 301 g/mol. The molecule has 118 valence electrons. The van der Waals surface area contributed by atoms with Gasteiger partial charge in [0.2, 0.25) is 5.91 Å². The molecule has 1 amide bonds. The second kappa shape index (κ2) is 6.17. The van der Waals surface area contributed by atoms with Gasteiger partial charge < -0.3 is 25.3 Å². The molecule has 0 atom stereocenters. The lowest BCUT2D eigenvalue weighted by Crippen LogP contribution is -2.51. The molecule has 3 rings (SSSR count). The standard InChI is InChI=1S/C16H23N5O/c1-18-6-7-19(13-18)12-16(22)21-10-8-20(9-11-21)15-4-2-14(17)3-5-15/h2-7H,8-13,17H2,1H3. The number of hydrogen-bond acceptors (Lipinski definition) is 5. The van der Waals surface area contributed by atoms with Gasteiger partial charge in [-0.1, -0.05) is 0 Å². The van der Waals surface area contributed by atoms with Crippen LogP contribution in [-0.2, 0) is 4.79 Å². The maximum absolute atomic E-state index is 12.3. The lowest BCUT2D eigenvalue weighted by Gasteiger charge is -2.36. The minimum absolute atomic E-state index is 0.205. The van der Waals surface area contributed by atoms with Crippen molar-refractivity contribution in [1.82, 2.24) is 14.7 Å². The molecule has 2 aliphatic heterocycles. The number of carbonyl (C=O) groups excluding carboxylic acids is 1. The van der Waals surface area contributed by atoms with Crippen LogP contribution in [0.4, 0.5) is 11.4 Å². The molecular formula is C16H23N5O. The summed E-state index contributed by atoms with van der Waals surface area (Å²) in [7, 11) is 2.01. The predicted molar refractivity (Wildman–Crippen MR) is 88.1 cm³/mol.